The van der Waals surface area contributed by atoms with Crippen molar-refractivity contribution in [2.24, 2.45) is 0 Å². The number of fused-ring (bicyclic) bond motifs is 1. The predicted molar refractivity (Wildman–Crippen MR) is 103 cm³/mol. The minimum absolute atomic E-state index is 0.0288. The van der Waals surface area contributed by atoms with Gasteiger partial charge in [-0.1, -0.05) is 11.8 Å². The minimum Gasteiger partial charge on any atom is -0.395 e. The fourth-order valence-corrected chi connectivity index (χ4v) is 4.27. The molecule has 0 bridgehead atoms. The average molecular weight is 481 g/mol. The zero-order valence-electron chi connectivity index (χ0n) is 16.3. The second kappa shape index (κ2) is 9.14. The van der Waals surface area contributed by atoms with Crippen molar-refractivity contribution >= 4 is 23.4 Å². The van der Waals surface area contributed by atoms with Crippen LogP contribution in [-0.4, -0.2) is 32.9 Å². The van der Waals surface area contributed by atoms with E-state index in [4.69, 9.17) is 5.11 Å². The van der Waals surface area contributed by atoms with Gasteiger partial charge in [0, 0.05) is 16.9 Å². The van der Waals surface area contributed by atoms with Gasteiger partial charge >= 0.3 is 18.0 Å². The summed E-state index contributed by atoms with van der Waals surface area (Å²) in [6.07, 6.45) is -8.12. The molecule has 0 saturated carbocycles. The summed E-state index contributed by atoms with van der Waals surface area (Å²) < 4.78 is 79.1. The van der Waals surface area contributed by atoms with Crippen LogP contribution < -0.4 is 11.0 Å². The van der Waals surface area contributed by atoms with E-state index in [1.165, 1.54) is 4.57 Å². The summed E-state index contributed by atoms with van der Waals surface area (Å²) in [6.45, 7) is -0.170. The molecule has 32 heavy (non-hydrogen) atoms. The van der Waals surface area contributed by atoms with E-state index in [1.807, 2.05) is 5.32 Å². The normalized spacial score (nSPS) is 13.8. The van der Waals surface area contributed by atoms with E-state index < -0.39 is 40.8 Å². The van der Waals surface area contributed by atoms with Crippen LogP contribution in [0.25, 0.3) is 0 Å². The molecule has 0 atom stereocenters. The van der Waals surface area contributed by atoms with Gasteiger partial charge in [0.2, 0.25) is 5.91 Å². The van der Waals surface area contributed by atoms with Gasteiger partial charge in [0.15, 0.2) is 0 Å². The second-order valence-corrected chi connectivity index (χ2v) is 7.95. The molecule has 0 fully saturated rings. The van der Waals surface area contributed by atoms with Gasteiger partial charge in [-0.3, -0.25) is 9.36 Å². The van der Waals surface area contributed by atoms with Crippen molar-refractivity contribution in [1.29, 1.82) is 0 Å². The molecule has 2 N–H and O–H groups in total. The molecule has 0 spiro atoms. The number of aromatic nitrogens is 2. The first-order valence-electron chi connectivity index (χ1n) is 9.35. The molecule has 174 valence electrons. The minimum atomic E-state index is -5.03. The van der Waals surface area contributed by atoms with Crippen molar-refractivity contribution in [3.05, 3.63) is 51.1 Å². The highest BCUT2D eigenvalue weighted by Crippen LogP contribution is 2.37. The summed E-state index contributed by atoms with van der Waals surface area (Å²) >= 11 is 0.870. The molecule has 1 aliphatic carbocycles. The number of nitrogens with one attached hydrogen (secondary N) is 1. The zero-order valence-corrected chi connectivity index (χ0v) is 17.1. The summed E-state index contributed by atoms with van der Waals surface area (Å²) in [5, 5.41) is 11.4. The molecule has 1 heterocycles. The Kier molecular flexibility index (Phi) is 6.89. The maximum Gasteiger partial charge on any atom is 0.416 e. The fourth-order valence-electron chi connectivity index (χ4n) is 3.39. The molecule has 6 nitrogen and oxygen atoms in total. The number of hydrogen-bond acceptors (Lipinski definition) is 5. The van der Waals surface area contributed by atoms with E-state index in [-0.39, 0.29) is 30.0 Å². The lowest BCUT2D eigenvalue weighted by molar-refractivity contribution is -0.143. The van der Waals surface area contributed by atoms with Crippen molar-refractivity contribution in [2.75, 3.05) is 17.7 Å². The summed E-state index contributed by atoms with van der Waals surface area (Å²) in [6, 6.07) is 0.812. The number of carbonyl (C=O) groups excluding carboxylic acids is 1. The van der Waals surface area contributed by atoms with E-state index in [9.17, 15) is 35.9 Å². The van der Waals surface area contributed by atoms with Crippen molar-refractivity contribution < 1.29 is 36.2 Å². The number of aliphatic hydroxyl groups is 1. The molecule has 1 aromatic heterocycles. The third-order valence-electron chi connectivity index (χ3n) is 4.74. The van der Waals surface area contributed by atoms with Crippen LogP contribution in [0.15, 0.2) is 28.0 Å². The van der Waals surface area contributed by atoms with Crippen molar-refractivity contribution in [3.8, 4) is 0 Å². The molecule has 2 aromatic rings. The quantitative estimate of drug-likeness (QED) is 0.375. The Morgan fingerprint density at radius 2 is 1.72 bits per heavy atom. The van der Waals surface area contributed by atoms with Gasteiger partial charge in [-0.05, 0) is 37.5 Å². The standard InChI is InChI=1S/C19H17F6N3O3S/c20-18(21,22)10-6-11(19(23,24)25)8-12(7-10)26-15(30)9-32-16-13-2-1-3-14(13)28(4-5-29)17(31)27-16/h6-8,29H,1-5,9H2,(H,26,30). The number of amides is 1. The maximum absolute atomic E-state index is 13.0. The molecule has 0 unspecified atom stereocenters. The molecular formula is C19H17F6N3O3S. The molecule has 13 heteroatoms. The summed E-state index contributed by atoms with van der Waals surface area (Å²) in [7, 11) is 0. The predicted octanol–water partition coefficient (Wildman–Crippen LogP) is 3.49. The van der Waals surface area contributed by atoms with Crippen LogP contribution in [-0.2, 0) is 36.5 Å². The van der Waals surface area contributed by atoms with Gasteiger partial charge in [-0.25, -0.2) is 4.79 Å². The number of anilines is 1. The van der Waals surface area contributed by atoms with E-state index in [0.717, 1.165) is 23.7 Å². The highest BCUT2D eigenvalue weighted by Gasteiger charge is 2.37. The Hall–Kier alpha value is -2.54. The van der Waals surface area contributed by atoms with E-state index in [2.05, 4.69) is 4.98 Å². The maximum atomic E-state index is 13.0. The first-order chi connectivity index (χ1) is 14.9. The topological polar surface area (TPSA) is 84.2 Å². The van der Waals surface area contributed by atoms with Gasteiger partial charge < -0.3 is 10.4 Å². The SMILES string of the molecule is O=C(CSc1nc(=O)n(CCO)c2c1CCC2)Nc1cc(C(F)(F)F)cc(C(F)(F)F)c1. The first-order valence-corrected chi connectivity index (χ1v) is 10.3. The highest BCUT2D eigenvalue weighted by molar-refractivity contribution is 8.00. The summed E-state index contributed by atoms with van der Waals surface area (Å²) in [5.74, 6) is -1.23. The molecule has 1 aliphatic rings. The van der Waals surface area contributed by atoms with Crippen LogP contribution in [0.3, 0.4) is 0 Å². The van der Waals surface area contributed by atoms with Gasteiger partial charge in [0.1, 0.15) is 5.03 Å². The molecular weight excluding hydrogens is 464 g/mol. The smallest absolute Gasteiger partial charge is 0.395 e. The Bertz CT molecular complexity index is 1050. The Labute approximate surface area is 181 Å². The number of halogens is 6. The monoisotopic (exact) mass is 481 g/mol. The molecule has 3 rings (SSSR count). The van der Waals surface area contributed by atoms with Crippen molar-refractivity contribution in [1.82, 2.24) is 9.55 Å². The van der Waals surface area contributed by atoms with Gasteiger partial charge in [-0.2, -0.15) is 31.3 Å². The number of hydrogen-bond donors (Lipinski definition) is 2. The second-order valence-electron chi connectivity index (χ2n) is 6.98. The largest absolute Gasteiger partial charge is 0.416 e. The highest BCUT2D eigenvalue weighted by atomic mass is 32.2. The zero-order chi connectivity index (χ0) is 23.7. The van der Waals surface area contributed by atoms with Gasteiger partial charge in [0.05, 0.1) is 30.0 Å². The fraction of sp³-hybridized carbons (Fsp3) is 0.421. The van der Waals surface area contributed by atoms with Crippen LogP contribution in [0.1, 0.15) is 28.8 Å². The third kappa shape index (κ3) is 5.44. The number of alkyl halides is 6. The molecule has 0 aliphatic heterocycles. The molecule has 0 radical (unpaired) electrons. The molecule has 0 saturated heterocycles. The number of nitrogens with zero attached hydrogens (tertiary/aromatic N) is 2. The van der Waals surface area contributed by atoms with Crippen LogP contribution in [0.4, 0.5) is 32.0 Å². The third-order valence-corrected chi connectivity index (χ3v) is 5.75. The Balaban J connectivity index is 1.78. The average Bonchev–Trinajstić information content (AvgIpc) is 3.17. The molecule has 1 aromatic carbocycles. The Morgan fingerprint density at radius 3 is 2.28 bits per heavy atom. The van der Waals surface area contributed by atoms with Crippen LogP contribution in [0.5, 0.6) is 0 Å². The lowest BCUT2D eigenvalue weighted by Crippen LogP contribution is -2.28. The van der Waals surface area contributed by atoms with Crippen LogP contribution in [0, 0.1) is 0 Å². The van der Waals surface area contributed by atoms with E-state index in [0.29, 0.717) is 30.7 Å². The number of aliphatic hydroxyl groups excluding tert-OH is 1. The summed E-state index contributed by atoms with van der Waals surface area (Å²) in [4.78, 5) is 28.3. The first kappa shape index (κ1) is 24.1. The van der Waals surface area contributed by atoms with Gasteiger partial charge in [0.25, 0.3) is 0 Å². The van der Waals surface area contributed by atoms with E-state index >= 15 is 0 Å². The number of thioether (sulfide) groups is 1. The van der Waals surface area contributed by atoms with Crippen molar-refractivity contribution in [2.45, 2.75) is 43.2 Å². The number of benzene rings is 1. The number of carbonyl (C=O) groups is 1. The van der Waals surface area contributed by atoms with E-state index in [1.54, 1.807) is 0 Å². The number of rotatable bonds is 6. The lowest BCUT2D eigenvalue weighted by Gasteiger charge is -2.15. The van der Waals surface area contributed by atoms with Gasteiger partial charge in [-0.15, -0.1) is 0 Å². The van der Waals surface area contributed by atoms with Crippen LogP contribution >= 0.6 is 11.8 Å². The van der Waals surface area contributed by atoms with Crippen LogP contribution in [0.2, 0.25) is 0 Å². The molecule has 1 amide bonds. The Morgan fingerprint density at radius 1 is 1.09 bits per heavy atom. The van der Waals surface area contributed by atoms with Crippen molar-refractivity contribution in [3.63, 3.8) is 0 Å². The lowest BCUT2D eigenvalue weighted by atomic mass is 10.1. The summed E-state index contributed by atoms with van der Waals surface area (Å²) in [5.41, 5.74) is -2.88.